The lowest BCUT2D eigenvalue weighted by Gasteiger charge is -2.25. The Morgan fingerprint density at radius 1 is 1.21 bits per heavy atom. The fraction of sp³-hybridized carbons (Fsp3) is 0.217. The number of rotatable bonds is 5. The predicted molar refractivity (Wildman–Crippen MR) is 117 cm³/mol. The molecular weight excluding hydrogens is 384 g/mol. The van der Waals surface area contributed by atoms with Gasteiger partial charge in [-0.25, -0.2) is 4.68 Å². The van der Waals surface area contributed by atoms with Crippen molar-refractivity contribution in [2.45, 2.75) is 13.3 Å². The summed E-state index contributed by atoms with van der Waals surface area (Å²) < 4.78 is 1.89. The molecule has 0 fully saturated rings. The van der Waals surface area contributed by atoms with Gasteiger partial charge in [-0.2, -0.15) is 5.10 Å². The van der Waals surface area contributed by atoms with Crippen LogP contribution >= 0.6 is 11.6 Å². The van der Waals surface area contributed by atoms with Crippen LogP contribution in [0.3, 0.4) is 0 Å². The molecule has 1 aromatic heterocycles. The lowest BCUT2D eigenvalue weighted by molar-refractivity contribution is -0.117. The molecule has 1 aliphatic heterocycles. The zero-order chi connectivity index (χ0) is 20.2. The van der Waals surface area contributed by atoms with Gasteiger partial charge in [-0.15, -0.1) is 0 Å². The van der Waals surface area contributed by atoms with Gasteiger partial charge in [0, 0.05) is 24.8 Å². The van der Waals surface area contributed by atoms with Gasteiger partial charge in [-0.1, -0.05) is 41.9 Å². The molecule has 1 aliphatic rings. The number of nitrogens with one attached hydrogen (secondary N) is 1. The summed E-state index contributed by atoms with van der Waals surface area (Å²) in [5.41, 5.74) is 5.17. The highest BCUT2D eigenvalue weighted by molar-refractivity contribution is 6.33. The van der Waals surface area contributed by atoms with Crippen molar-refractivity contribution in [1.29, 1.82) is 0 Å². The smallest absolute Gasteiger partial charge is 0.238 e. The Kier molecular flexibility index (Phi) is 5.79. The van der Waals surface area contributed by atoms with Gasteiger partial charge in [0.1, 0.15) is 0 Å². The van der Waals surface area contributed by atoms with Gasteiger partial charge < -0.3 is 5.32 Å². The van der Waals surface area contributed by atoms with Crippen LogP contribution in [0, 0.1) is 6.92 Å². The van der Waals surface area contributed by atoms with Crippen LogP contribution in [0.1, 0.15) is 17.5 Å². The van der Waals surface area contributed by atoms with Crippen LogP contribution < -0.4 is 5.32 Å². The Balaban J connectivity index is 1.35. The van der Waals surface area contributed by atoms with E-state index in [2.05, 4.69) is 27.6 Å². The summed E-state index contributed by atoms with van der Waals surface area (Å²) in [6, 6.07) is 15.7. The van der Waals surface area contributed by atoms with Crippen molar-refractivity contribution in [3.63, 3.8) is 0 Å². The van der Waals surface area contributed by atoms with Gasteiger partial charge in [-0.3, -0.25) is 9.69 Å². The number of hydrogen-bond acceptors (Lipinski definition) is 3. The van der Waals surface area contributed by atoms with Gasteiger partial charge in [0.05, 0.1) is 29.1 Å². The van der Waals surface area contributed by atoms with Crippen molar-refractivity contribution in [3.05, 3.63) is 83.2 Å². The Morgan fingerprint density at radius 2 is 2.03 bits per heavy atom. The molecule has 5 nitrogen and oxygen atoms in total. The van der Waals surface area contributed by atoms with Crippen LogP contribution in [0.5, 0.6) is 0 Å². The molecule has 29 heavy (non-hydrogen) atoms. The number of benzene rings is 2. The molecule has 4 rings (SSSR count). The average molecular weight is 407 g/mol. The molecular formula is C23H23ClN4O. The number of aryl methyl sites for hydroxylation is 1. The lowest BCUT2D eigenvalue weighted by Crippen LogP contribution is -2.36. The molecule has 0 spiro atoms. The number of para-hydroxylation sites is 1. The molecule has 2 heterocycles. The summed E-state index contributed by atoms with van der Waals surface area (Å²) in [5.74, 6) is -0.0514. The van der Waals surface area contributed by atoms with E-state index in [1.54, 1.807) is 0 Å². The van der Waals surface area contributed by atoms with Crippen molar-refractivity contribution in [1.82, 2.24) is 14.7 Å². The first-order valence-electron chi connectivity index (χ1n) is 9.66. The third kappa shape index (κ3) is 4.75. The summed E-state index contributed by atoms with van der Waals surface area (Å²) >= 11 is 6.20. The van der Waals surface area contributed by atoms with E-state index >= 15 is 0 Å². The van der Waals surface area contributed by atoms with Gasteiger partial charge in [-0.05, 0) is 48.7 Å². The Bertz CT molecular complexity index is 1040. The van der Waals surface area contributed by atoms with E-state index in [0.717, 1.165) is 36.3 Å². The van der Waals surface area contributed by atoms with Gasteiger partial charge in [0.15, 0.2) is 0 Å². The zero-order valence-corrected chi connectivity index (χ0v) is 17.1. The third-order valence-electron chi connectivity index (χ3n) is 5.03. The monoisotopic (exact) mass is 406 g/mol. The van der Waals surface area contributed by atoms with Gasteiger partial charge >= 0.3 is 0 Å². The average Bonchev–Trinajstić information content (AvgIpc) is 3.22. The predicted octanol–water partition coefficient (Wildman–Crippen LogP) is 4.56. The highest BCUT2D eigenvalue weighted by Gasteiger charge is 2.17. The number of anilines is 1. The molecule has 0 saturated heterocycles. The zero-order valence-electron chi connectivity index (χ0n) is 16.3. The minimum atomic E-state index is -0.0514. The minimum Gasteiger partial charge on any atom is -0.324 e. The first-order valence-corrected chi connectivity index (χ1v) is 10.0. The van der Waals surface area contributed by atoms with Crippen LogP contribution in [-0.2, 0) is 4.79 Å². The maximum atomic E-state index is 12.4. The van der Waals surface area contributed by atoms with Crippen LogP contribution in [0.15, 0.2) is 67.0 Å². The van der Waals surface area contributed by atoms with Crippen LogP contribution in [-0.4, -0.2) is 40.2 Å². The molecule has 0 bridgehead atoms. The number of amides is 1. The van der Waals surface area contributed by atoms with E-state index in [1.165, 1.54) is 5.57 Å². The standard InChI is InChI=1S/C23H23ClN4O/c1-17-7-8-22(21(24)13-17)26-23(29)16-27-11-9-18(10-12-27)19-14-25-28(15-19)20-5-3-2-4-6-20/h2-9,13-15H,10-12,16H2,1H3,(H,26,29). The fourth-order valence-electron chi connectivity index (χ4n) is 3.44. The molecule has 148 valence electrons. The molecule has 1 N–H and O–H groups in total. The number of aromatic nitrogens is 2. The number of carbonyl (C=O) groups excluding carboxylic acids is 1. The van der Waals surface area contributed by atoms with E-state index in [-0.39, 0.29) is 5.91 Å². The van der Waals surface area contributed by atoms with Crippen molar-refractivity contribution >= 4 is 28.8 Å². The molecule has 0 saturated carbocycles. The second-order valence-electron chi connectivity index (χ2n) is 7.26. The summed E-state index contributed by atoms with van der Waals surface area (Å²) in [7, 11) is 0. The van der Waals surface area contributed by atoms with Crippen molar-refractivity contribution in [3.8, 4) is 5.69 Å². The number of halogens is 1. The van der Waals surface area contributed by atoms with Crippen molar-refractivity contribution < 1.29 is 4.79 Å². The maximum absolute atomic E-state index is 12.4. The minimum absolute atomic E-state index is 0.0514. The Hall–Kier alpha value is -2.89. The molecule has 3 aromatic rings. The van der Waals surface area contributed by atoms with Crippen LogP contribution in [0.4, 0.5) is 5.69 Å². The van der Waals surface area contributed by atoms with Crippen LogP contribution in [0.25, 0.3) is 11.3 Å². The Labute approximate surface area is 175 Å². The van der Waals surface area contributed by atoms with Crippen molar-refractivity contribution in [2.24, 2.45) is 0 Å². The highest BCUT2D eigenvalue weighted by atomic mass is 35.5. The van der Waals surface area contributed by atoms with E-state index < -0.39 is 0 Å². The number of nitrogens with zero attached hydrogens (tertiary/aromatic N) is 3. The van der Waals surface area contributed by atoms with Crippen LogP contribution in [0.2, 0.25) is 5.02 Å². The molecule has 0 atom stereocenters. The lowest BCUT2D eigenvalue weighted by atomic mass is 10.0. The van der Waals surface area contributed by atoms with E-state index in [0.29, 0.717) is 17.3 Å². The van der Waals surface area contributed by atoms with E-state index in [1.807, 2.05) is 66.3 Å². The second kappa shape index (κ2) is 8.64. The summed E-state index contributed by atoms with van der Waals surface area (Å²) in [6.07, 6.45) is 7.03. The molecule has 0 aliphatic carbocycles. The van der Waals surface area contributed by atoms with Gasteiger partial charge in [0.2, 0.25) is 5.91 Å². The molecule has 1 amide bonds. The van der Waals surface area contributed by atoms with Gasteiger partial charge in [0.25, 0.3) is 0 Å². The largest absolute Gasteiger partial charge is 0.324 e. The molecule has 0 unspecified atom stereocenters. The molecule has 6 heteroatoms. The van der Waals surface area contributed by atoms with E-state index in [9.17, 15) is 4.79 Å². The highest BCUT2D eigenvalue weighted by Crippen LogP contribution is 2.24. The first-order chi connectivity index (χ1) is 14.1. The molecule has 2 aromatic carbocycles. The normalized spacial score (nSPS) is 14.5. The Morgan fingerprint density at radius 3 is 2.76 bits per heavy atom. The summed E-state index contributed by atoms with van der Waals surface area (Å²) in [5, 5.41) is 7.94. The van der Waals surface area contributed by atoms with E-state index in [4.69, 9.17) is 11.6 Å². The fourth-order valence-corrected chi connectivity index (χ4v) is 3.72. The SMILES string of the molecule is Cc1ccc(NC(=O)CN2CC=C(c3cnn(-c4ccccc4)c3)CC2)c(Cl)c1. The third-order valence-corrected chi connectivity index (χ3v) is 5.35. The second-order valence-corrected chi connectivity index (χ2v) is 7.66. The topological polar surface area (TPSA) is 50.2 Å². The number of hydrogen-bond donors (Lipinski definition) is 1. The van der Waals surface area contributed by atoms with Crippen molar-refractivity contribution in [2.75, 3.05) is 25.0 Å². The number of carbonyl (C=O) groups is 1. The summed E-state index contributed by atoms with van der Waals surface area (Å²) in [6.45, 7) is 3.88. The summed E-state index contributed by atoms with van der Waals surface area (Å²) in [4.78, 5) is 14.5. The quantitative estimate of drug-likeness (QED) is 0.675. The molecule has 0 radical (unpaired) electrons. The first kappa shape index (κ1) is 19.4. The maximum Gasteiger partial charge on any atom is 0.238 e.